The summed E-state index contributed by atoms with van der Waals surface area (Å²) in [5.74, 6) is 0.633. The maximum absolute atomic E-state index is 12.7. The van der Waals surface area contributed by atoms with Crippen molar-refractivity contribution in [3.63, 3.8) is 0 Å². The van der Waals surface area contributed by atoms with Gasteiger partial charge in [-0.25, -0.2) is 4.98 Å². The normalized spacial score (nSPS) is 10.4. The number of hydrogen-bond acceptors (Lipinski definition) is 6. The summed E-state index contributed by atoms with van der Waals surface area (Å²) in [4.78, 5) is 29.8. The van der Waals surface area contributed by atoms with Gasteiger partial charge in [0.25, 0.3) is 5.91 Å². The van der Waals surface area contributed by atoms with Crippen LogP contribution in [0.1, 0.15) is 43.0 Å². The maximum atomic E-state index is 12.7. The molecule has 0 aliphatic rings. The molecule has 0 unspecified atom stereocenters. The summed E-state index contributed by atoms with van der Waals surface area (Å²) < 4.78 is 10.7. The molecule has 28 heavy (non-hydrogen) atoms. The van der Waals surface area contributed by atoms with Gasteiger partial charge >= 0.3 is 5.97 Å². The number of hydrogen-bond donors (Lipinski definition) is 1. The molecule has 2 N–H and O–H groups in total. The van der Waals surface area contributed by atoms with Crippen LogP contribution in [0.25, 0.3) is 0 Å². The van der Waals surface area contributed by atoms with Crippen molar-refractivity contribution in [1.82, 2.24) is 4.98 Å². The molecule has 1 heterocycles. The molecule has 0 fully saturated rings. The topological polar surface area (TPSA) is 94.8 Å². The first kappa shape index (κ1) is 21.2. The average molecular weight is 385 g/mol. The van der Waals surface area contributed by atoms with Gasteiger partial charge in [-0.3, -0.25) is 14.5 Å². The fraction of sp³-hybridized carbons (Fsp3) is 0.381. The van der Waals surface area contributed by atoms with Crippen molar-refractivity contribution >= 4 is 23.4 Å². The average Bonchev–Trinajstić information content (AvgIpc) is 2.70. The van der Waals surface area contributed by atoms with Gasteiger partial charge in [-0.15, -0.1) is 0 Å². The van der Waals surface area contributed by atoms with Gasteiger partial charge in [-0.05, 0) is 62.6 Å². The second-order valence-electron chi connectivity index (χ2n) is 6.28. The van der Waals surface area contributed by atoms with Crippen molar-refractivity contribution in [1.29, 1.82) is 0 Å². The molecule has 1 aromatic heterocycles. The summed E-state index contributed by atoms with van der Waals surface area (Å²) in [6.45, 7) is 2.69. The summed E-state index contributed by atoms with van der Waals surface area (Å²) in [7, 11) is 1.66. The van der Waals surface area contributed by atoms with Crippen LogP contribution in [-0.4, -0.2) is 37.1 Å². The van der Waals surface area contributed by atoms with Gasteiger partial charge in [0.1, 0.15) is 0 Å². The van der Waals surface area contributed by atoms with E-state index in [1.807, 2.05) is 0 Å². The lowest BCUT2D eigenvalue weighted by molar-refractivity contribution is -0.143. The van der Waals surface area contributed by atoms with Crippen LogP contribution in [0.2, 0.25) is 0 Å². The molecule has 0 atom stereocenters. The van der Waals surface area contributed by atoms with Crippen molar-refractivity contribution < 1.29 is 19.1 Å². The standard InChI is InChI=1S/C21H27N3O4/c1-3-27-19(25)9-5-4-6-15-28-18-8-7-14-23-20(18)24(2)21(26)16-10-12-17(22)13-11-16/h7-8,10-14H,3-6,9,15,22H2,1-2H3. The zero-order valence-corrected chi connectivity index (χ0v) is 16.4. The Hall–Kier alpha value is -3.09. The Balaban J connectivity index is 1.88. The van der Waals surface area contributed by atoms with Gasteiger partial charge in [-0.2, -0.15) is 0 Å². The summed E-state index contributed by atoms with van der Waals surface area (Å²) >= 11 is 0. The predicted molar refractivity (Wildman–Crippen MR) is 108 cm³/mol. The number of aromatic nitrogens is 1. The van der Waals surface area contributed by atoms with Crippen LogP contribution in [-0.2, 0) is 9.53 Å². The van der Waals surface area contributed by atoms with E-state index in [4.69, 9.17) is 15.2 Å². The number of unbranched alkanes of at least 4 members (excludes halogenated alkanes) is 2. The van der Waals surface area contributed by atoms with Crippen LogP contribution in [0.15, 0.2) is 42.6 Å². The van der Waals surface area contributed by atoms with Gasteiger partial charge in [0.05, 0.1) is 13.2 Å². The third kappa shape index (κ3) is 6.26. The lowest BCUT2D eigenvalue weighted by Crippen LogP contribution is -2.27. The Morgan fingerprint density at radius 3 is 2.57 bits per heavy atom. The smallest absolute Gasteiger partial charge is 0.305 e. The number of amides is 1. The first-order chi connectivity index (χ1) is 13.5. The molecule has 0 saturated heterocycles. The largest absolute Gasteiger partial charge is 0.490 e. The third-order valence-electron chi connectivity index (χ3n) is 4.12. The highest BCUT2D eigenvalue weighted by Gasteiger charge is 2.18. The van der Waals surface area contributed by atoms with Gasteiger partial charge < -0.3 is 15.2 Å². The SMILES string of the molecule is CCOC(=O)CCCCCOc1cccnc1N(C)C(=O)c1ccc(N)cc1. The van der Waals surface area contributed by atoms with E-state index in [0.29, 0.717) is 42.5 Å². The number of nitrogens with zero attached hydrogens (tertiary/aromatic N) is 2. The highest BCUT2D eigenvalue weighted by molar-refractivity contribution is 6.06. The van der Waals surface area contributed by atoms with E-state index in [9.17, 15) is 9.59 Å². The number of carbonyl (C=O) groups is 2. The second-order valence-corrected chi connectivity index (χ2v) is 6.28. The number of pyridine rings is 1. The number of nitrogens with two attached hydrogens (primary N) is 1. The quantitative estimate of drug-likeness (QED) is 0.382. The van der Waals surface area contributed by atoms with Crippen LogP contribution in [0.3, 0.4) is 0 Å². The zero-order valence-electron chi connectivity index (χ0n) is 16.4. The van der Waals surface area contributed by atoms with Crippen molar-refractivity contribution in [2.75, 3.05) is 30.9 Å². The van der Waals surface area contributed by atoms with Crippen LogP contribution >= 0.6 is 0 Å². The molecule has 1 aromatic carbocycles. The van der Waals surface area contributed by atoms with Crippen LogP contribution < -0.4 is 15.4 Å². The molecule has 0 spiro atoms. The first-order valence-corrected chi connectivity index (χ1v) is 9.40. The molecule has 0 aliphatic heterocycles. The minimum absolute atomic E-state index is 0.166. The van der Waals surface area contributed by atoms with Crippen molar-refractivity contribution in [3.05, 3.63) is 48.2 Å². The Morgan fingerprint density at radius 2 is 1.86 bits per heavy atom. The van der Waals surface area contributed by atoms with Crippen molar-refractivity contribution in [2.24, 2.45) is 0 Å². The Labute approximate surface area is 165 Å². The van der Waals surface area contributed by atoms with E-state index in [1.54, 1.807) is 56.6 Å². The number of benzene rings is 1. The third-order valence-corrected chi connectivity index (χ3v) is 4.12. The van der Waals surface area contributed by atoms with Crippen LogP contribution in [0, 0.1) is 0 Å². The number of nitrogen functional groups attached to an aromatic ring is 1. The van der Waals surface area contributed by atoms with E-state index in [2.05, 4.69) is 4.98 Å². The number of esters is 1. The van der Waals surface area contributed by atoms with Crippen molar-refractivity contribution in [2.45, 2.75) is 32.6 Å². The van der Waals surface area contributed by atoms with Gasteiger partial charge in [0, 0.05) is 30.9 Å². The Morgan fingerprint density at radius 1 is 1.11 bits per heavy atom. The maximum Gasteiger partial charge on any atom is 0.305 e. The van der Waals surface area contributed by atoms with E-state index in [0.717, 1.165) is 19.3 Å². The zero-order chi connectivity index (χ0) is 20.4. The molecular weight excluding hydrogens is 358 g/mol. The van der Waals surface area contributed by atoms with Gasteiger partial charge in [0.15, 0.2) is 11.6 Å². The molecule has 2 aromatic rings. The molecule has 7 heteroatoms. The molecule has 1 amide bonds. The molecular formula is C21H27N3O4. The molecule has 0 bridgehead atoms. The highest BCUT2D eigenvalue weighted by Crippen LogP contribution is 2.26. The minimum Gasteiger partial charge on any atom is -0.490 e. The molecule has 0 radical (unpaired) electrons. The summed E-state index contributed by atoms with van der Waals surface area (Å²) in [5, 5.41) is 0. The predicted octanol–water partition coefficient (Wildman–Crippen LogP) is 3.44. The monoisotopic (exact) mass is 385 g/mol. The molecule has 0 saturated carbocycles. The second kappa shape index (κ2) is 10.9. The Bertz CT molecular complexity index is 777. The summed E-state index contributed by atoms with van der Waals surface area (Å²) in [6, 6.07) is 10.3. The lowest BCUT2D eigenvalue weighted by Gasteiger charge is -2.19. The van der Waals surface area contributed by atoms with Crippen LogP contribution in [0.5, 0.6) is 5.75 Å². The van der Waals surface area contributed by atoms with Crippen molar-refractivity contribution in [3.8, 4) is 5.75 Å². The lowest BCUT2D eigenvalue weighted by atomic mass is 10.2. The minimum atomic E-state index is -0.196. The van der Waals surface area contributed by atoms with Gasteiger partial charge in [-0.1, -0.05) is 0 Å². The summed E-state index contributed by atoms with van der Waals surface area (Å²) in [5.41, 5.74) is 6.80. The van der Waals surface area contributed by atoms with Gasteiger partial charge in [0.2, 0.25) is 0 Å². The molecule has 150 valence electrons. The fourth-order valence-corrected chi connectivity index (χ4v) is 2.63. The van der Waals surface area contributed by atoms with E-state index < -0.39 is 0 Å². The van der Waals surface area contributed by atoms with E-state index in [1.165, 1.54) is 4.90 Å². The van der Waals surface area contributed by atoms with E-state index >= 15 is 0 Å². The molecule has 7 nitrogen and oxygen atoms in total. The summed E-state index contributed by atoms with van der Waals surface area (Å²) in [6.07, 6.45) is 4.45. The number of anilines is 2. The molecule has 0 aliphatic carbocycles. The highest BCUT2D eigenvalue weighted by atomic mass is 16.5. The molecule has 2 rings (SSSR count). The number of rotatable bonds is 10. The van der Waals surface area contributed by atoms with E-state index in [-0.39, 0.29) is 11.9 Å². The van der Waals surface area contributed by atoms with Crippen LogP contribution in [0.4, 0.5) is 11.5 Å². The number of carbonyl (C=O) groups excluding carboxylic acids is 2. The Kier molecular flexibility index (Phi) is 8.27. The fourth-order valence-electron chi connectivity index (χ4n) is 2.63. The number of ether oxygens (including phenoxy) is 2. The first-order valence-electron chi connectivity index (χ1n) is 9.40.